The van der Waals surface area contributed by atoms with Gasteiger partial charge in [-0.25, -0.2) is 0 Å². The van der Waals surface area contributed by atoms with E-state index in [4.69, 9.17) is 5.11 Å². The van der Waals surface area contributed by atoms with Gasteiger partial charge >= 0.3 is 5.97 Å². The monoisotopic (exact) mass is 300 g/mol. The van der Waals surface area contributed by atoms with E-state index < -0.39 is 14.3 Å². The second kappa shape index (κ2) is 7.20. The van der Waals surface area contributed by atoms with Crippen LogP contribution in [0.25, 0.3) is 0 Å². The lowest BCUT2D eigenvalue weighted by Gasteiger charge is -2.26. The molecule has 0 aliphatic rings. The molecule has 0 aliphatic carbocycles. The lowest BCUT2D eigenvalue weighted by molar-refractivity contribution is -0.137. The molecule has 2 aromatic carbocycles. The SMILES string of the molecule is O=C(O)CCCC[Si](O)(c1ccccc1)c1ccccc1. The van der Waals surface area contributed by atoms with Crippen LogP contribution in [0, 0.1) is 0 Å². The van der Waals surface area contributed by atoms with E-state index in [1.54, 1.807) is 0 Å². The van der Waals surface area contributed by atoms with Gasteiger partial charge in [-0.3, -0.25) is 4.79 Å². The molecule has 0 spiro atoms. The number of carbonyl (C=O) groups is 1. The minimum absolute atomic E-state index is 0.161. The molecule has 0 amide bonds. The van der Waals surface area contributed by atoms with Crippen LogP contribution in [-0.4, -0.2) is 24.2 Å². The molecule has 0 bridgehead atoms. The lowest BCUT2D eigenvalue weighted by atomic mass is 10.2. The number of carboxylic acid groups (broad SMARTS) is 1. The van der Waals surface area contributed by atoms with E-state index in [1.165, 1.54) is 0 Å². The van der Waals surface area contributed by atoms with Gasteiger partial charge in [-0.05, 0) is 22.8 Å². The fraction of sp³-hybridized carbons (Fsp3) is 0.235. The van der Waals surface area contributed by atoms with E-state index >= 15 is 0 Å². The first kappa shape index (κ1) is 15.5. The Kier molecular flexibility index (Phi) is 5.30. The van der Waals surface area contributed by atoms with Gasteiger partial charge in [0.05, 0.1) is 0 Å². The van der Waals surface area contributed by atoms with Gasteiger partial charge in [0.1, 0.15) is 0 Å². The maximum atomic E-state index is 11.3. The number of hydrogen-bond donors (Lipinski definition) is 2. The molecule has 0 saturated heterocycles. The van der Waals surface area contributed by atoms with Crippen LogP contribution in [0.15, 0.2) is 60.7 Å². The zero-order valence-corrected chi connectivity index (χ0v) is 12.9. The second-order valence-electron chi connectivity index (χ2n) is 5.19. The van der Waals surface area contributed by atoms with Crippen molar-refractivity contribution in [2.75, 3.05) is 0 Å². The highest BCUT2D eigenvalue weighted by molar-refractivity contribution is 6.96. The summed E-state index contributed by atoms with van der Waals surface area (Å²) in [5, 5.41) is 10.7. The lowest BCUT2D eigenvalue weighted by Crippen LogP contribution is -2.58. The largest absolute Gasteiger partial charge is 0.481 e. The third kappa shape index (κ3) is 4.03. The fourth-order valence-corrected chi connectivity index (χ4v) is 5.70. The van der Waals surface area contributed by atoms with Crippen molar-refractivity contribution in [3.05, 3.63) is 60.7 Å². The van der Waals surface area contributed by atoms with Gasteiger partial charge in [0.25, 0.3) is 8.32 Å². The van der Waals surface area contributed by atoms with Gasteiger partial charge in [-0.2, -0.15) is 0 Å². The summed E-state index contributed by atoms with van der Waals surface area (Å²) in [5.41, 5.74) is 0. The summed E-state index contributed by atoms with van der Waals surface area (Å²) in [7, 11) is -2.77. The molecule has 4 heteroatoms. The summed E-state index contributed by atoms with van der Waals surface area (Å²) in [6.07, 6.45) is 1.48. The zero-order chi connectivity index (χ0) is 15.1. The third-order valence-electron chi connectivity index (χ3n) is 3.68. The topological polar surface area (TPSA) is 57.5 Å². The van der Waals surface area contributed by atoms with Gasteiger partial charge in [0.15, 0.2) is 0 Å². The Labute approximate surface area is 126 Å². The van der Waals surface area contributed by atoms with Crippen molar-refractivity contribution in [2.45, 2.75) is 25.3 Å². The Morgan fingerprint density at radius 3 is 1.76 bits per heavy atom. The molecular weight excluding hydrogens is 280 g/mol. The molecule has 2 rings (SSSR count). The Hall–Kier alpha value is -1.91. The van der Waals surface area contributed by atoms with Crippen molar-refractivity contribution in [1.82, 2.24) is 0 Å². The molecular formula is C17H20O3Si. The van der Waals surface area contributed by atoms with E-state index in [0.717, 1.165) is 16.8 Å². The smallest absolute Gasteiger partial charge is 0.303 e. The predicted molar refractivity (Wildman–Crippen MR) is 86.4 cm³/mol. The minimum atomic E-state index is -2.77. The summed E-state index contributed by atoms with van der Waals surface area (Å²) < 4.78 is 0. The molecule has 2 aromatic rings. The van der Waals surface area contributed by atoms with E-state index in [-0.39, 0.29) is 6.42 Å². The molecule has 0 aromatic heterocycles. The number of benzene rings is 2. The first-order chi connectivity index (χ1) is 10.1. The summed E-state index contributed by atoms with van der Waals surface area (Å²) in [6, 6.07) is 20.2. The number of unbranched alkanes of at least 4 members (excludes halogenated alkanes) is 1. The highest BCUT2D eigenvalue weighted by Gasteiger charge is 2.34. The molecule has 2 N–H and O–H groups in total. The fourth-order valence-electron chi connectivity index (χ4n) is 2.54. The standard InChI is InChI=1S/C17H20O3Si/c18-17(19)13-7-8-14-21(20,15-9-3-1-4-10-15)16-11-5-2-6-12-16/h1-6,9-12,20H,7-8,13-14H2,(H,18,19). The molecule has 0 heterocycles. The van der Waals surface area contributed by atoms with Crippen molar-refractivity contribution in [3.63, 3.8) is 0 Å². The Morgan fingerprint density at radius 1 is 0.857 bits per heavy atom. The highest BCUT2D eigenvalue weighted by atomic mass is 28.4. The van der Waals surface area contributed by atoms with Crippen molar-refractivity contribution in [3.8, 4) is 0 Å². The second-order valence-corrected chi connectivity index (χ2v) is 8.57. The number of carboxylic acids is 1. The van der Waals surface area contributed by atoms with Gasteiger partial charge in [-0.15, -0.1) is 0 Å². The molecule has 3 nitrogen and oxygen atoms in total. The maximum absolute atomic E-state index is 11.3. The van der Waals surface area contributed by atoms with Gasteiger partial charge < -0.3 is 9.90 Å². The summed E-state index contributed by atoms with van der Waals surface area (Å²) >= 11 is 0. The van der Waals surface area contributed by atoms with E-state index in [0.29, 0.717) is 12.5 Å². The first-order valence-electron chi connectivity index (χ1n) is 7.18. The van der Waals surface area contributed by atoms with Crippen LogP contribution < -0.4 is 10.4 Å². The Morgan fingerprint density at radius 2 is 1.33 bits per heavy atom. The molecule has 21 heavy (non-hydrogen) atoms. The van der Waals surface area contributed by atoms with Crippen LogP contribution in [0.2, 0.25) is 6.04 Å². The van der Waals surface area contributed by atoms with E-state index in [1.807, 2.05) is 60.7 Å². The third-order valence-corrected chi connectivity index (χ3v) is 7.34. The molecule has 0 fully saturated rings. The van der Waals surface area contributed by atoms with Crippen LogP contribution >= 0.6 is 0 Å². The van der Waals surface area contributed by atoms with Crippen LogP contribution in [0.3, 0.4) is 0 Å². The average Bonchev–Trinajstić information content (AvgIpc) is 2.53. The van der Waals surface area contributed by atoms with Crippen LogP contribution in [0.5, 0.6) is 0 Å². The summed E-state index contributed by atoms with van der Waals surface area (Å²) in [5.74, 6) is -0.778. The highest BCUT2D eigenvalue weighted by Crippen LogP contribution is 2.13. The van der Waals surface area contributed by atoms with Crippen LogP contribution in [-0.2, 0) is 4.79 Å². The zero-order valence-electron chi connectivity index (χ0n) is 11.9. The molecule has 0 unspecified atom stereocenters. The van der Waals surface area contributed by atoms with Gasteiger partial charge in [0.2, 0.25) is 0 Å². The minimum Gasteiger partial charge on any atom is -0.481 e. The summed E-state index contributed by atoms with van der Waals surface area (Å²) in [6.45, 7) is 0. The summed E-state index contributed by atoms with van der Waals surface area (Å²) in [4.78, 5) is 21.9. The van der Waals surface area contributed by atoms with Crippen molar-refractivity contribution in [1.29, 1.82) is 0 Å². The number of aliphatic carboxylic acids is 1. The predicted octanol–water partition coefficient (Wildman–Crippen LogP) is 1.99. The van der Waals surface area contributed by atoms with Crippen LogP contribution in [0.4, 0.5) is 0 Å². The maximum Gasteiger partial charge on any atom is 0.303 e. The van der Waals surface area contributed by atoms with E-state index in [9.17, 15) is 9.59 Å². The van der Waals surface area contributed by atoms with Crippen molar-refractivity contribution in [2.24, 2.45) is 0 Å². The van der Waals surface area contributed by atoms with Gasteiger partial charge in [-0.1, -0.05) is 67.1 Å². The Bertz CT molecular complexity index is 530. The van der Waals surface area contributed by atoms with Crippen molar-refractivity contribution >= 4 is 24.7 Å². The molecule has 110 valence electrons. The molecule has 0 saturated carbocycles. The number of rotatable bonds is 7. The van der Waals surface area contributed by atoms with Crippen LogP contribution in [0.1, 0.15) is 19.3 Å². The molecule has 0 atom stereocenters. The van der Waals surface area contributed by atoms with Crippen molar-refractivity contribution < 1.29 is 14.7 Å². The first-order valence-corrected chi connectivity index (χ1v) is 9.33. The average molecular weight is 300 g/mol. The van der Waals surface area contributed by atoms with E-state index in [2.05, 4.69) is 0 Å². The number of hydrogen-bond acceptors (Lipinski definition) is 2. The normalized spacial score (nSPS) is 11.3. The molecule has 0 radical (unpaired) electrons. The molecule has 0 aliphatic heterocycles. The van der Waals surface area contributed by atoms with Gasteiger partial charge in [0, 0.05) is 6.42 Å². The quantitative estimate of drug-likeness (QED) is 0.607. The Balaban J connectivity index is 2.21.